The molecule has 0 bridgehead atoms. The first-order chi connectivity index (χ1) is 14.4. The van der Waals surface area contributed by atoms with Crippen LogP contribution in [0.15, 0.2) is 48.4 Å². The number of para-hydroxylation sites is 2. The van der Waals surface area contributed by atoms with Crippen molar-refractivity contribution in [3.63, 3.8) is 0 Å². The van der Waals surface area contributed by atoms with Gasteiger partial charge in [0.1, 0.15) is 5.82 Å². The summed E-state index contributed by atoms with van der Waals surface area (Å²) in [7, 11) is 0. The Morgan fingerprint density at radius 3 is 2.61 bits per heavy atom. The first kappa shape index (κ1) is 8.32. The molecule has 1 aliphatic heterocycles. The lowest BCUT2D eigenvalue weighted by molar-refractivity contribution is 0.318. The molecule has 0 N–H and O–H groups in total. The molecule has 0 amide bonds. The third-order valence-electron chi connectivity index (χ3n) is 3.79. The van der Waals surface area contributed by atoms with E-state index in [2.05, 4.69) is 4.98 Å². The van der Waals surface area contributed by atoms with Crippen LogP contribution in [0.5, 0.6) is 0 Å². The highest BCUT2D eigenvalue weighted by Crippen LogP contribution is 2.21. The summed E-state index contributed by atoms with van der Waals surface area (Å²) in [5, 5.41) is -0.226. The fraction of sp³-hybridized carbons (Fsp3) is 0.316. The minimum atomic E-state index is -1.98. The second-order valence-corrected chi connectivity index (χ2v) is 5.77. The van der Waals surface area contributed by atoms with Crippen molar-refractivity contribution in [3.8, 4) is 0 Å². The lowest BCUT2D eigenvalue weighted by atomic mass is 10.2. The zero-order chi connectivity index (χ0) is 22.7. The van der Waals surface area contributed by atoms with Gasteiger partial charge in [-0.3, -0.25) is 4.90 Å². The molecule has 4 rings (SSSR count). The molecular weight excluding hydrogens is 306 g/mol. The summed E-state index contributed by atoms with van der Waals surface area (Å²) in [5.41, 5.74) is 1.58. The number of aromatic nitrogens is 2. The number of nitrogens with zero attached hydrogens (tertiary/aromatic N) is 3. The van der Waals surface area contributed by atoms with E-state index < -0.39 is 12.7 Å². The van der Waals surface area contributed by atoms with Gasteiger partial charge in [-0.2, -0.15) is 0 Å². The fourth-order valence-corrected chi connectivity index (χ4v) is 2.78. The van der Waals surface area contributed by atoms with E-state index in [1.807, 2.05) is 24.3 Å². The number of benzene rings is 2. The van der Waals surface area contributed by atoms with Crippen LogP contribution in [-0.2, 0) is 13.1 Å². The smallest absolute Gasteiger partial charge is 0.124 e. The van der Waals surface area contributed by atoms with Crippen molar-refractivity contribution in [2.24, 2.45) is 0 Å². The molecule has 0 saturated carbocycles. The predicted octanol–water partition coefficient (Wildman–Crippen LogP) is 4.33. The van der Waals surface area contributed by atoms with Gasteiger partial charge in [0.15, 0.2) is 0 Å². The van der Waals surface area contributed by atoms with Gasteiger partial charge in [0.25, 0.3) is 0 Å². The summed E-state index contributed by atoms with van der Waals surface area (Å²) in [4.78, 5) is 6.29. The minimum Gasteiger partial charge on any atom is -0.322 e. The van der Waals surface area contributed by atoms with Crippen molar-refractivity contribution >= 4 is 22.6 Å². The van der Waals surface area contributed by atoms with E-state index in [4.69, 9.17) is 22.6 Å². The van der Waals surface area contributed by atoms with Gasteiger partial charge in [-0.15, -0.1) is 0 Å². The Labute approximate surface area is 152 Å². The highest BCUT2D eigenvalue weighted by molar-refractivity contribution is 6.30. The lowest BCUT2D eigenvalue weighted by Crippen LogP contribution is -2.21. The molecular formula is C19H20ClN3. The number of imidazole rings is 1. The van der Waals surface area contributed by atoms with Crippen LogP contribution in [0.25, 0.3) is 11.0 Å². The van der Waals surface area contributed by atoms with Gasteiger partial charge >= 0.3 is 0 Å². The number of halogens is 1. The maximum atomic E-state index is 8.26. The van der Waals surface area contributed by atoms with E-state index in [1.54, 1.807) is 9.47 Å². The monoisotopic (exact) mass is 333 g/mol. The maximum absolute atomic E-state index is 8.26. The van der Waals surface area contributed by atoms with Crippen molar-refractivity contribution < 1.29 is 11.0 Å². The van der Waals surface area contributed by atoms with Crippen molar-refractivity contribution in [1.82, 2.24) is 14.5 Å². The molecule has 0 atom stereocenters. The van der Waals surface area contributed by atoms with E-state index in [0.29, 0.717) is 11.3 Å². The molecule has 4 heteroatoms. The molecule has 1 aromatic heterocycles. The molecule has 0 aliphatic carbocycles. The van der Waals surface area contributed by atoms with Crippen LogP contribution in [0.1, 0.15) is 35.1 Å². The number of rotatable bonds is 4. The molecule has 0 radical (unpaired) electrons. The number of hydrogen-bond acceptors (Lipinski definition) is 2. The average Bonchev–Trinajstić information content (AvgIpc) is 3.14. The Kier molecular flexibility index (Phi) is 2.29. The highest BCUT2D eigenvalue weighted by atomic mass is 35.5. The summed E-state index contributed by atoms with van der Waals surface area (Å²) >= 11 is 5.92. The van der Waals surface area contributed by atoms with Crippen molar-refractivity contribution in [2.75, 3.05) is 13.1 Å². The summed E-state index contributed by atoms with van der Waals surface area (Å²) in [6.07, 6.45) is -3.97. The topological polar surface area (TPSA) is 21.1 Å². The lowest BCUT2D eigenvalue weighted by Gasteiger charge is -2.16. The van der Waals surface area contributed by atoms with Crippen LogP contribution >= 0.6 is 11.6 Å². The molecule has 3 nitrogen and oxygen atoms in total. The van der Waals surface area contributed by atoms with Crippen LogP contribution in [0.3, 0.4) is 0 Å². The third-order valence-corrected chi connectivity index (χ3v) is 3.98. The molecule has 0 unspecified atom stereocenters. The van der Waals surface area contributed by atoms with Crippen LogP contribution in [0.2, 0.25) is 5.02 Å². The second-order valence-electron chi connectivity index (χ2n) is 5.39. The van der Waals surface area contributed by atoms with Crippen LogP contribution in [-0.4, -0.2) is 27.5 Å². The van der Waals surface area contributed by atoms with E-state index in [9.17, 15) is 0 Å². The van der Waals surface area contributed by atoms with Gasteiger partial charge in [0.05, 0.1) is 23.1 Å². The second kappa shape index (κ2) is 6.34. The van der Waals surface area contributed by atoms with Crippen molar-refractivity contribution in [2.45, 2.75) is 25.8 Å². The summed E-state index contributed by atoms with van der Waals surface area (Å²) in [5.74, 6) is 0.529. The summed E-state index contributed by atoms with van der Waals surface area (Å²) < 4.78 is 66.2. The molecule has 1 fully saturated rings. The van der Waals surface area contributed by atoms with Crippen LogP contribution < -0.4 is 0 Å². The SMILES string of the molecule is [2H]c1c([2H])c(Cn2c(CN3CC([2H])([2H])C([2H])([2H])C3)nc3ccccc32)c([2H])c([2H])c1Cl. The van der Waals surface area contributed by atoms with Crippen molar-refractivity contribution in [3.05, 3.63) is 64.8 Å². The highest BCUT2D eigenvalue weighted by Gasteiger charge is 2.17. The maximum Gasteiger partial charge on any atom is 0.124 e. The Balaban J connectivity index is 1.78. The standard InChI is InChI=1S/C19H20ClN3/c20-16-9-7-15(8-10-16)13-23-18-6-2-1-5-17(18)21-19(23)14-22-11-3-4-12-22/h1-2,5-10H,3-4,11-14H2/i3D2,4D2,7D,8D,9D,10D. The zero-order valence-electron chi connectivity index (χ0n) is 20.4. The normalized spacial score (nSPS) is 24.9. The summed E-state index contributed by atoms with van der Waals surface area (Å²) in [6, 6.07) is 6.26. The van der Waals surface area contributed by atoms with Gasteiger partial charge in [-0.1, -0.05) is 35.8 Å². The molecule has 118 valence electrons. The van der Waals surface area contributed by atoms with Crippen molar-refractivity contribution in [1.29, 1.82) is 0 Å². The molecule has 23 heavy (non-hydrogen) atoms. The van der Waals surface area contributed by atoms with Crippen LogP contribution in [0, 0.1) is 0 Å². The Hall–Kier alpha value is -1.84. The largest absolute Gasteiger partial charge is 0.322 e. The minimum absolute atomic E-state index is 0.0239. The summed E-state index contributed by atoms with van der Waals surface area (Å²) in [6.45, 7) is 0.0516. The van der Waals surface area contributed by atoms with Crippen LogP contribution in [0.4, 0.5) is 0 Å². The van der Waals surface area contributed by atoms with Gasteiger partial charge in [0, 0.05) is 17.1 Å². The predicted molar refractivity (Wildman–Crippen MR) is 94.8 cm³/mol. The molecule has 2 aromatic carbocycles. The Morgan fingerprint density at radius 1 is 1.09 bits per heavy atom. The van der Waals surface area contributed by atoms with Gasteiger partial charge in [-0.25, -0.2) is 4.98 Å². The van der Waals surface area contributed by atoms with E-state index >= 15 is 0 Å². The third kappa shape index (κ3) is 3.12. The number of hydrogen-bond donors (Lipinski definition) is 0. The van der Waals surface area contributed by atoms with E-state index in [0.717, 1.165) is 5.52 Å². The zero-order valence-corrected chi connectivity index (χ0v) is 13.1. The van der Waals surface area contributed by atoms with E-state index in [1.165, 1.54) is 0 Å². The quantitative estimate of drug-likeness (QED) is 0.708. The fourth-order valence-electron chi connectivity index (χ4n) is 2.69. The number of fused-ring (bicyclic) bond motifs is 1. The van der Waals surface area contributed by atoms with Gasteiger partial charge in [0.2, 0.25) is 0 Å². The van der Waals surface area contributed by atoms with E-state index in [-0.39, 0.29) is 60.9 Å². The first-order valence-corrected chi connectivity index (χ1v) is 7.72. The number of likely N-dealkylation sites (tertiary alicyclic amines) is 1. The molecule has 1 aliphatic rings. The molecule has 0 spiro atoms. The van der Waals surface area contributed by atoms with Gasteiger partial charge < -0.3 is 4.57 Å². The molecule has 3 aromatic rings. The molecule has 1 saturated heterocycles. The molecule has 2 heterocycles. The Morgan fingerprint density at radius 2 is 1.83 bits per heavy atom. The first-order valence-electron chi connectivity index (χ1n) is 11.3. The van der Waals surface area contributed by atoms with Gasteiger partial charge in [-0.05, 0) is 55.6 Å². The average molecular weight is 334 g/mol. The Bertz CT molecular complexity index is 1130.